The van der Waals surface area contributed by atoms with Gasteiger partial charge in [-0.05, 0) is 25.8 Å². The van der Waals surface area contributed by atoms with Gasteiger partial charge < -0.3 is 11.5 Å². The Bertz CT molecular complexity index is 240. The maximum absolute atomic E-state index is 11.3. The Kier molecular flexibility index (Phi) is 4.51. The molecule has 1 aliphatic rings. The molecule has 0 bridgehead atoms. The van der Waals surface area contributed by atoms with Crippen LogP contribution in [-0.2, 0) is 4.79 Å². The molecule has 0 atom stereocenters. The van der Waals surface area contributed by atoms with Gasteiger partial charge in [-0.1, -0.05) is 0 Å². The van der Waals surface area contributed by atoms with E-state index in [1.165, 1.54) is 0 Å². The lowest BCUT2D eigenvalue weighted by atomic mass is 10.3. The van der Waals surface area contributed by atoms with E-state index < -0.39 is 6.03 Å². The van der Waals surface area contributed by atoms with Crippen molar-refractivity contribution in [2.75, 3.05) is 19.6 Å². The molecule has 15 heavy (non-hydrogen) atoms. The molecular formula is C9H18N4O2. The molecule has 1 rings (SSSR count). The molecule has 0 radical (unpaired) electrons. The molecule has 3 amide bonds. The first-order valence-corrected chi connectivity index (χ1v) is 5.17. The van der Waals surface area contributed by atoms with Gasteiger partial charge in [0.2, 0.25) is 5.91 Å². The van der Waals surface area contributed by atoms with Gasteiger partial charge in [-0.3, -0.25) is 15.0 Å². The summed E-state index contributed by atoms with van der Waals surface area (Å²) in [6, 6.07) is -0.315. The highest BCUT2D eigenvalue weighted by molar-refractivity contribution is 5.94. The zero-order valence-electron chi connectivity index (χ0n) is 8.74. The number of imide groups is 1. The number of urea groups is 1. The Labute approximate surface area is 89.0 Å². The van der Waals surface area contributed by atoms with Gasteiger partial charge in [-0.15, -0.1) is 0 Å². The molecule has 0 saturated heterocycles. The molecule has 0 spiro atoms. The molecule has 6 heteroatoms. The summed E-state index contributed by atoms with van der Waals surface area (Å²) < 4.78 is 0. The summed E-state index contributed by atoms with van der Waals surface area (Å²) in [5.74, 6) is -0.341. The van der Waals surface area contributed by atoms with Gasteiger partial charge in [0.1, 0.15) is 0 Å². The Morgan fingerprint density at radius 2 is 2.07 bits per heavy atom. The largest absolute Gasteiger partial charge is 0.351 e. The van der Waals surface area contributed by atoms with Crippen LogP contribution in [0.5, 0.6) is 0 Å². The van der Waals surface area contributed by atoms with Gasteiger partial charge in [0.15, 0.2) is 0 Å². The summed E-state index contributed by atoms with van der Waals surface area (Å²) in [6.45, 7) is 1.64. The number of nitrogens with zero attached hydrogens (tertiary/aromatic N) is 1. The van der Waals surface area contributed by atoms with Crippen LogP contribution in [0.3, 0.4) is 0 Å². The first-order chi connectivity index (χ1) is 7.13. The quantitative estimate of drug-likeness (QED) is 0.527. The van der Waals surface area contributed by atoms with Crippen molar-refractivity contribution in [1.29, 1.82) is 0 Å². The molecule has 1 fully saturated rings. The fourth-order valence-corrected chi connectivity index (χ4v) is 1.49. The summed E-state index contributed by atoms with van der Waals surface area (Å²) in [4.78, 5) is 23.8. The average molecular weight is 214 g/mol. The van der Waals surface area contributed by atoms with Gasteiger partial charge in [0, 0.05) is 12.6 Å². The van der Waals surface area contributed by atoms with E-state index in [0.29, 0.717) is 12.6 Å². The van der Waals surface area contributed by atoms with Crippen molar-refractivity contribution in [3.8, 4) is 0 Å². The minimum atomic E-state index is -0.797. The van der Waals surface area contributed by atoms with Gasteiger partial charge in [0.05, 0.1) is 6.54 Å². The smallest absolute Gasteiger partial charge is 0.318 e. The van der Waals surface area contributed by atoms with E-state index in [4.69, 9.17) is 11.5 Å². The molecule has 0 aliphatic heterocycles. The molecule has 86 valence electrons. The molecule has 0 unspecified atom stereocenters. The summed E-state index contributed by atoms with van der Waals surface area (Å²) in [6.07, 6.45) is 3.10. The fraction of sp³-hybridized carbons (Fsp3) is 0.778. The van der Waals surface area contributed by atoms with Crippen LogP contribution in [0.2, 0.25) is 0 Å². The Morgan fingerprint density at radius 3 is 2.53 bits per heavy atom. The van der Waals surface area contributed by atoms with Crippen LogP contribution in [0.15, 0.2) is 0 Å². The lowest BCUT2D eigenvalue weighted by molar-refractivity contribution is -0.121. The normalized spacial score (nSPS) is 15.3. The first kappa shape index (κ1) is 11.9. The van der Waals surface area contributed by atoms with Crippen molar-refractivity contribution >= 4 is 11.9 Å². The number of carbonyl (C=O) groups excluding carboxylic acids is 2. The number of amides is 3. The molecule has 0 aromatic carbocycles. The number of rotatable bonds is 6. The van der Waals surface area contributed by atoms with E-state index in [-0.39, 0.29) is 12.5 Å². The van der Waals surface area contributed by atoms with Crippen LogP contribution in [0, 0.1) is 0 Å². The number of hydrogen-bond donors (Lipinski definition) is 3. The standard InChI is InChI=1S/C9H18N4O2/c10-4-1-5-13(7-2-3-7)6-8(14)12-9(11)15/h7H,1-6,10H2,(H3,11,12,14,15). The Morgan fingerprint density at radius 1 is 1.40 bits per heavy atom. The third kappa shape index (κ3) is 4.75. The molecule has 5 N–H and O–H groups in total. The van der Waals surface area contributed by atoms with Crippen LogP contribution in [0.1, 0.15) is 19.3 Å². The monoisotopic (exact) mass is 214 g/mol. The van der Waals surface area contributed by atoms with Crippen LogP contribution in [0.4, 0.5) is 4.79 Å². The highest BCUT2D eigenvalue weighted by Gasteiger charge is 2.29. The third-order valence-corrected chi connectivity index (χ3v) is 2.32. The number of nitrogens with one attached hydrogen (secondary N) is 1. The second-order valence-corrected chi connectivity index (χ2v) is 3.76. The number of carbonyl (C=O) groups is 2. The number of primary amides is 1. The highest BCUT2D eigenvalue weighted by atomic mass is 16.2. The highest BCUT2D eigenvalue weighted by Crippen LogP contribution is 2.26. The molecule has 1 aliphatic carbocycles. The Hall–Kier alpha value is -1.14. The van der Waals surface area contributed by atoms with Crippen molar-refractivity contribution in [3.63, 3.8) is 0 Å². The van der Waals surface area contributed by atoms with Crippen molar-refractivity contribution < 1.29 is 9.59 Å². The van der Waals surface area contributed by atoms with Crippen LogP contribution in [0.25, 0.3) is 0 Å². The van der Waals surface area contributed by atoms with Crippen molar-refractivity contribution in [1.82, 2.24) is 10.2 Å². The molecule has 6 nitrogen and oxygen atoms in total. The lowest BCUT2D eigenvalue weighted by Crippen LogP contribution is -2.43. The van der Waals surface area contributed by atoms with Crippen LogP contribution in [-0.4, -0.2) is 42.5 Å². The predicted octanol–water partition coefficient (Wildman–Crippen LogP) is -1.01. The van der Waals surface area contributed by atoms with Gasteiger partial charge in [-0.2, -0.15) is 0 Å². The second-order valence-electron chi connectivity index (χ2n) is 3.76. The van der Waals surface area contributed by atoms with Crippen LogP contribution >= 0.6 is 0 Å². The van der Waals surface area contributed by atoms with Crippen LogP contribution < -0.4 is 16.8 Å². The first-order valence-electron chi connectivity index (χ1n) is 5.17. The molecule has 0 aromatic heterocycles. The summed E-state index contributed by atoms with van der Waals surface area (Å²) in [7, 11) is 0. The van der Waals surface area contributed by atoms with Gasteiger partial charge in [0.25, 0.3) is 0 Å². The zero-order chi connectivity index (χ0) is 11.3. The maximum Gasteiger partial charge on any atom is 0.318 e. The Balaban J connectivity index is 2.29. The molecule has 1 saturated carbocycles. The summed E-state index contributed by atoms with van der Waals surface area (Å²) >= 11 is 0. The minimum absolute atomic E-state index is 0.230. The van der Waals surface area contributed by atoms with E-state index in [9.17, 15) is 9.59 Å². The van der Waals surface area contributed by atoms with E-state index >= 15 is 0 Å². The van der Waals surface area contributed by atoms with Crippen molar-refractivity contribution in [3.05, 3.63) is 0 Å². The second kappa shape index (κ2) is 5.67. The average Bonchev–Trinajstić information content (AvgIpc) is 2.93. The topological polar surface area (TPSA) is 101 Å². The fourth-order valence-electron chi connectivity index (χ4n) is 1.49. The molecule has 0 heterocycles. The SMILES string of the molecule is NCCCN(CC(=O)NC(N)=O)C1CC1. The van der Waals surface area contributed by atoms with E-state index in [2.05, 4.69) is 5.32 Å². The van der Waals surface area contributed by atoms with Gasteiger partial charge >= 0.3 is 6.03 Å². The molecule has 0 aromatic rings. The van der Waals surface area contributed by atoms with E-state index in [1.54, 1.807) is 0 Å². The third-order valence-electron chi connectivity index (χ3n) is 2.32. The lowest BCUT2D eigenvalue weighted by Gasteiger charge is -2.20. The van der Waals surface area contributed by atoms with Crippen molar-refractivity contribution in [2.24, 2.45) is 11.5 Å². The van der Waals surface area contributed by atoms with Crippen molar-refractivity contribution in [2.45, 2.75) is 25.3 Å². The minimum Gasteiger partial charge on any atom is -0.351 e. The zero-order valence-corrected chi connectivity index (χ0v) is 8.74. The summed E-state index contributed by atoms with van der Waals surface area (Å²) in [5, 5.41) is 2.06. The van der Waals surface area contributed by atoms with E-state index in [1.807, 2.05) is 4.90 Å². The maximum atomic E-state index is 11.3. The number of nitrogens with two attached hydrogens (primary N) is 2. The predicted molar refractivity (Wildman–Crippen MR) is 56.0 cm³/mol. The van der Waals surface area contributed by atoms with Gasteiger partial charge in [-0.25, -0.2) is 4.79 Å². The molecular weight excluding hydrogens is 196 g/mol. The summed E-state index contributed by atoms with van der Waals surface area (Å²) in [5.41, 5.74) is 10.3. The number of hydrogen-bond acceptors (Lipinski definition) is 4. The van der Waals surface area contributed by atoms with E-state index in [0.717, 1.165) is 25.8 Å².